The van der Waals surface area contributed by atoms with Crippen LogP contribution < -0.4 is 0 Å². The van der Waals surface area contributed by atoms with Crippen molar-refractivity contribution in [1.82, 2.24) is 4.57 Å². The molecule has 0 saturated carbocycles. The molecule has 0 unspecified atom stereocenters. The van der Waals surface area contributed by atoms with Crippen molar-refractivity contribution >= 4 is 5.78 Å². The van der Waals surface area contributed by atoms with Crippen LogP contribution in [0.1, 0.15) is 45.7 Å². The van der Waals surface area contributed by atoms with Crippen LogP contribution in [-0.2, 0) is 6.42 Å². The van der Waals surface area contributed by atoms with E-state index in [0.717, 1.165) is 24.1 Å². The standard InChI is InChI=1S/C17H19NO/c1-11-6-4-7-12(2)17(11)18-13(3)10-14-15(18)8-5-9-16(14)19/h4,6-7,10H,5,8-9H2,1-3H3. The quantitative estimate of drug-likeness (QED) is 0.755. The minimum Gasteiger partial charge on any atom is -0.317 e. The second-order valence-electron chi connectivity index (χ2n) is 5.50. The fourth-order valence-corrected chi connectivity index (χ4v) is 3.20. The molecule has 0 atom stereocenters. The molecular weight excluding hydrogens is 234 g/mol. The lowest BCUT2D eigenvalue weighted by molar-refractivity contribution is 0.0972. The van der Waals surface area contributed by atoms with Gasteiger partial charge in [0.15, 0.2) is 5.78 Å². The summed E-state index contributed by atoms with van der Waals surface area (Å²) in [6.07, 6.45) is 2.67. The van der Waals surface area contributed by atoms with E-state index in [2.05, 4.69) is 49.6 Å². The molecule has 1 aromatic heterocycles. The minimum atomic E-state index is 0.300. The number of aromatic nitrogens is 1. The van der Waals surface area contributed by atoms with Crippen LogP contribution in [0.25, 0.3) is 5.69 Å². The molecule has 1 aromatic carbocycles. The number of benzene rings is 1. The number of rotatable bonds is 1. The number of para-hydroxylation sites is 1. The van der Waals surface area contributed by atoms with Gasteiger partial charge in [-0.3, -0.25) is 4.79 Å². The Hall–Kier alpha value is -1.83. The molecule has 3 rings (SSSR count). The fraction of sp³-hybridized carbons (Fsp3) is 0.353. The third-order valence-electron chi connectivity index (χ3n) is 4.07. The summed E-state index contributed by atoms with van der Waals surface area (Å²) in [7, 11) is 0. The summed E-state index contributed by atoms with van der Waals surface area (Å²) in [5.41, 5.74) is 7.07. The smallest absolute Gasteiger partial charge is 0.164 e. The van der Waals surface area contributed by atoms with Crippen molar-refractivity contribution in [3.63, 3.8) is 0 Å². The van der Waals surface area contributed by atoms with Crippen LogP contribution in [0.3, 0.4) is 0 Å². The highest BCUT2D eigenvalue weighted by Crippen LogP contribution is 2.30. The third kappa shape index (κ3) is 1.83. The lowest BCUT2D eigenvalue weighted by atomic mass is 9.96. The van der Waals surface area contributed by atoms with Crippen LogP contribution in [0, 0.1) is 20.8 Å². The zero-order valence-corrected chi connectivity index (χ0v) is 11.8. The Labute approximate surface area is 114 Å². The highest BCUT2D eigenvalue weighted by atomic mass is 16.1. The largest absolute Gasteiger partial charge is 0.317 e. The average molecular weight is 253 g/mol. The molecule has 98 valence electrons. The van der Waals surface area contributed by atoms with Gasteiger partial charge in [-0.15, -0.1) is 0 Å². The normalized spacial score (nSPS) is 14.6. The second-order valence-corrected chi connectivity index (χ2v) is 5.50. The van der Waals surface area contributed by atoms with Gasteiger partial charge in [0.25, 0.3) is 0 Å². The van der Waals surface area contributed by atoms with Crippen molar-refractivity contribution in [2.24, 2.45) is 0 Å². The van der Waals surface area contributed by atoms with Crippen molar-refractivity contribution in [3.05, 3.63) is 52.3 Å². The monoisotopic (exact) mass is 253 g/mol. The summed E-state index contributed by atoms with van der Waals surface area (Å²) < 4.78 is 2.29. The summed E-state index contributed by atoms with van der Waals surface area (Å²) in [6.45, 7) is 6.37. The number of fused-ring (bicyclic) bond motifs is 1. The van der Waals surface area contributed by atoms with E-state index in [1.807, 2.05) is 0 Å². The van der Waals surface area contributed by atoms with Gasteiger partial charge in [-0.2, -0.15) is 0 Å². The molecule has 19 heavy (non-hydrogen) atoms. The Kier molecular flexibility index (Phi) is 2.81. The molecule has 0 fully saturated rings. The number of hydrogen-bond donors (Lipinski definition) is 0. The van der Waals surface area contributed by atoms with Crippen molar-refractivity contribution in [2.45, 2.75) is 40.0 Å². The highest BCUT2D eigenvalue weighted by molar-refractivity contribution is 5.98. The van der Waals surface area contributed by atoms with Crippen molar-refractivity contribution in [3.8, 4) is 5.69 Å². The fourth-order valence-electron chi connectivity index (χ4n) is 3.20. The van der Waals surface area contributed by atoms with E-state index in [0.29, 0.717) is 12.2 Å². The molecule has 0 aliphatic heterocycles. The lowest BCUT2D eigenvalue weighted by Crippen LogP contribution is -2.13. The van der Waals surface area contributed by atoms with Crippen molar-refractivity contribution < 1.29 is 4.79 Å². The number of Topliss-reactive ketones (excluding diaryl/α,β-unsaturated/α-hetero) is 1. The molecule has 0 spiro atoms. The number of carbonyl (C=O) groups is 1. The first-order valence-electron chi connectivity index (χ1n) is 6.90. The topological polar surface area (TPSA) is 22.0 Å². The first-order chi connectivity index (χ1) is 9.09. The van der Waals surface area contributed by atoms with Gasteiger partial charge in [0.2, 0.25) is 0 Å². The van der Waals surface area contributed by atoms with Gasteiger partial charge < -0.3 is 4.57 Å². The van der Waals surface area contributed by atoms with Gasteiger partial charge in [-0.25, -0.2) is 0 Å². The lowest BCUT2D eigenvalue weighted by Gasteiger charge is -2.19. The maximum atomic E-state index is 12.0. The van der Waals surface area contributed by atoms with E-state index < -0.39 is 0 Å². The maximum absolute atomic E-state index is 12.0. The first kappa shape index (κ1) is 12.2. The average Bonchev–Trinajstić information content (AvgIpc) is 2.68. The molecule has 1 aliphatic rings. The van der Waals surface area contributed by atoms with E-state index in [9.17, 15) is 4.79 Å². The Bertz CT molecular complexity index is 644. The Morgan fingerprint density at radius 2 is 1.74 bits per heavy atom. The van der Waals surface area contributed by atoms with Gasteiger partial charge in [0.1, 0.15) is 0 Å². The zero-order chi connectivity index (χ0) is 13.6. The predicted octanol–water partition coefficient (Wildman–Crippen LogP) is 3.92. The van der Waals surface area contributed by atoms with Crippen LogP contribution in [0.5, 0.6) is 0 Å². The van der Waals surface area contributed by atoms with Gasteiger partial charge >= 0.3 is 0 Å². The van der Waals surface area contributed by atoms with Gasteiger partial charge in [-0.1, -0.05) is 18.2 Å². The summed E-state index contributed by atoms with van der Waals surface area (Å²) in [4.78, 5) is 12.0. The van der Waals surface area contributed by atoms with Gasteiger partial charge in [0.05, 0.1) is 5.69 Å². The molecule has 2 nitrogen and oxygen atoms in total. The maximum Gasteiger partial charge on any atom is 0.164 e. The molecule has 0 saturated heterocycles. The molecule has 0 radical (unpaired) electrons. The molecule has 2 heteroatoms. The first-order valence-corrected chi connectivity index (χ1v) is 6.90. The minimum absolute atomic E-state index is 0.300. The van der Waals surface area contributed by atoms with E-state index in [4.69, 9.17) is 0 Å². The van der Waals surface area contributed by atoms with E-state index in [1.165, 1.54) is 22.5 Å². The molecule has 0 amide bonds. The van der Waals surface area contributed by atoms with Crippen LogP contribution >= 0.6 is 0 Å². The highest BCUT2D eigenvalue weighted by Gasteiger charge is 2.24. The van der Waals surface area contributed by atoms with Crippen molar-refractivity contribution in [1.29, 1.82) is 0 Å². The second kappa shape index (κ2) is 4.37. The molecule has 2 aromatic rings. The molecule has 1 heterocycles. The molecular formula is C17H19NO. The number of aryl methyl sites for hydroxylation is 3. The summed E-state index contributed by atoms with van der Waals surface area (Å²) in [5, 5.41) is 0. The SMILES string of the molecule is Cc1cccc(C)c1-n1c(C)cc2c1CCCC2=O. The van der Waals surface area contributed by atoms with Crippen LogP contribution in [0.4, 0.5) is 0 Å². The molecule has 1 aliphatic carbocycles. The number of hydrogen-bond acceptors (Lipinski definition) is 1. The Morgan fingerprint density at radius 3 is 2.42 bits per heavy atom. The van der Waals surface area contributed by atoms with E-state index in [1.54, 1.807) is 0 Å². The summed E-state index contributed by atoms with van der Waals surface area (Å²) in [5.74, 6) is 0.300. The van der Waals surface area contributed by atoms with E-state index in [-0.39, 0.29) is 0 Å². The number of carbonyl (C=O) groups excluding carboxylic acids is 1. The Morgan fingerprint density at radius 1 is 1.05 bits per heavy atom. The molecule has 0 bridgehead atoms. The van der Waals surface area contributed by atoms with Crippen LogP contribution in [0.15, 0.2) is 24.3 Å². The summed E-state index contributed by atoms with van der Waals surface area (Å²) >= 11 is 0. The van der Waals surface area contributed by atoms with Crippen molar-refractivity contribution in [2.75, 3.05) is 0 Å². The van der Waals surface area contributed by atoms with Gasteiger partial charge in [-0.05, 0) is 50.8 Å². The number of nitrogens with zero attached hydrogens (tertiary/aromatic N) is 1. The van der Waals surface area contributed by atoms with Crippen LogP contribution in [-0.4, -0.2) is 10.4 Å². The van der Waals surface area contributed by atoms with Gasteiger partial charge in [0, 0.05) is 23.4 Å². The summed E-state index contributed by atoms with van der Waals surface area (Å²) in [6, 6.07) is 8.42. The zero-order valence-electron chi connectivity index (χ0n) is 11.8. The van der Waals surface area contributed by atoms with E-state index >= 15 is 0 Å². The Balaban J connectivity index is 2.29. The van der Waals surface area contributed by atoms with Crippen LogP contribution in [0.2, 0.25) is 0 Å². The molecule has 0 N–H and O–H groups in total. The third-order valence-corrected chi connectivity index (χ3v) is 4.07. The predicted molar refractivity (Wildman–Crippen MR) is 77.2 cm³/mol. The number of ketones is 1.